The summed E-state index contributed by atoms with van der Waals surface area (Å²) in [5.74, 6) is -0.186. The molecule has 2 aromatic carbocycles. The van der Waals surface area contributed by atoms with Crippen LogP contribution in [0.5, 0.6) is 0 Å². The SMILES string of the molecule is CNCc1c(Cl)cccc1N(C)C(C)c1ccccc1F. The molecule has 2 rings (SSSR count). The highest BCUT2D eigenvalue weighted by atomic mass is 35.5. The number of anilines is 1. The molecule has 0 saturated carbocycles. The third kappa shape index (κ3) is 3.36. The van der Waals surface area contributed by atoms with Crippen LogP contribution in [-0.4, -0.2) is 14.1 Å². The van der Waals surface area contributed by atoms with Gasteiger partial charge in [-0.25, -0.2) is 4.39 Å². The number of nitrogens with one attached hydrogen (secondary N) is 1. The first kappa shape index (κ1) is 15.8. The summed E-state index contributed by atoms with van der Waals surface area (Å²) in [7, 11) is 3.84. The van der Waals surface area contributed by atoms with Gasteiger partial charge in [0.25, 0.3) is 0 Å². The van der Waals surface area contributed by atoms with Crippen LogP contribution in [0.15, 0.2) is 42.5 Å². The molecule has 0 aliphatic heterocycles. The van der Waals surface area contributed by atoms with Gasteiger partial charge >= 0.3 is 0 Å². The lowest BCUT2D eigenvalue weighted by molar-refractivity contribution is 0.585. The minimum atomic E-state index is -0.186. The first-order chi connectivity index (χ1) is 10.1. The van der Waals surface area contributed by atoms with Crippen molar-refractivity contribution in [1.29, 1.82) is 0 Å². The molecule has 1 atom stereocenters. The van der Waals surface area contributed by atoms with Gasteiger partial charge in [-0.1, -0.05) is 35.9 Å². The van der Waals surface area contributed by atoms with Gasteiger partial charge in [0.05, 0.1) is 6.04 Å². The number of benzene rings is 2. The van der Waals surface area contributed by atoms with Crippen LogP contribution in [-0.2, 0) is 6.54 Å². The zero-order valence-corrected chi connectivity index (χ0v) is 13.3. The van der Waals surface area contributed by atoms with Crippen LogP contribution in [0.1, 0.15) is 24.1 Å². The minimum absolute atomic E-state index is 0.0831. The van der Waals surface area contributed by atoms with Gasteiger partial charge in [-0.15, -0.1) is 0 Å². The van der Waals surface area contributed by atoms with Gasteiger partial charge in [0.1, 0.15) is 5.82 Å². The van der Waals surface area contributed by atoms with Gasteiger partial charge in [0, 0.05) is 35.4 Å². The summed E-state index contributed by atoms with van der Waals surface area (Å²) in [4.78, 5) is 2.05. The molecule has 0 radical (unpaired) electrons. The molecule has 0 bridgehead atoms. The van der Waals surface area contributed by atoms with Crippen LogP contribution in [0.25, 0.3) is 0 Å². The van der Waals surface area contributed by atoms with Gasteiger partial charge in [0.15, 0.2) is 0 Å². The van der Waals surface area contributed by atoms with Crippen molar-refractivity contribution >= 4 is 17.3 Å². The maximum absolute atomic E-state index is 14.0. The first-order valence-electron chi connectivity index (χ1n) is 6.95. The summed E-state index contributed by atoms with van der Waals surface area (Å²) in [6.45, 7) is 2.66. The predicted molar refractivity (Wildman–Crippen MR) is 87.4 cm³/mol. The van der Waals surface area contributed by atoms with Crippen LogP contribution in [0.2, 0.25) is 5.02 Å². The van der Waals surface area contributed by atoms with E-state index < -0.39 is 0 Å². The van der Waals surface area contributed by atoms with E-state index in [9.17, 15) is 4.39 Å². The third-order valence-corrected chi connectivity index (χ3v) is 4.12. The highest BCUT2D eigenvalue weighted by Gasteiger charge is 2.18. The van der Waals surface area contributed by atoms with Crippen molar-refractivity contribution in [2.45, 2.75) is 19.5 Å². The highest BCUT2D eigenvalue weighted by Crippen LogP contribution is 2.32. The van der Waals surface area contributed by atoms with Gasteiger partial charge < -0.3 is 10.2 Å². The molecule has 0 aliphatic rings. The van der Waals surface area contributed by atoms with Crippen LogP contribution in [0.3, 0.4) is 0 Å². The quantitative estimate of drug-likeness (QED) is 0.881. The molecular formula is C17H20ClFN2. The lowest BCUT2D eigenvalue weighted by Gasteiger charge is -2.30. The Morgan fingerprint density at radius 3 is 2.57 bits per heavy atom. The van der Waals surface area contributed by atoms with Crippen molar-refractivity contribution in [3.8, 4) is 0 Å². The van der Waals surface area contributed by atoms with Crippen molar-refractivity contribution in [2.75, 3.05) is 19.0 Å². The summed E-state index contributed by atoms with van der Waals surface area (Å²) in [6.07, 6.45) is 0. The molecule has 0 heterocycles. The van der Waals surface area contributed by atoms with E-state index in [2.05, 4.69) is 10.2 Å². The van der Waals surface area contributed by atoms with E-state index in [1.807, 2.05) is 51.4 Å². The summed E-state index contributed by atoms with van der Waals surface area (Å²) in [5.41, 5.74) is 2.70. The standard InChI is InChI=1S/C17H20ClFN2/c1-12(13-7-4-5-9-16(13)19)21(3)17-10-6-8-15(18)14(17)11-20-2/h4-10,12,20H,11H2,1-3H3. The molecule has 4 heteroatoms. The maximum Gasteiger partial charge on any atom is 0.128 e. The second-order valence-electron chi connectivity index (χ2n) is 5.08. The monoisotopic (exact) mass is 306 g/mol. The molecule has 0 spiro atoms. The number of nitrogens with zero attached hydrogens (tertiary/aromatic N) is 1. The Labute approximate surface area is 130 Å². The van der Waals surface area contributed by atoms with Gasteiger partial charge in [-0.05, 0) is 32.2 Å². The summed E-state index contributed by atoms with van der Waals surface area (Å²) in [5, 5.41) is 3.84. The van der Waals surface area contributed by atoms with Gasteiger partial charge in [0.2, 0.25) is 0 Å². The molecule has 1 unspecified atom stereocenters. The topological polar surface area (TPSA) is 15.3 Å². The number of hydrogen-bond donors (Lipinski definition) is 1. The Hall–Kier alpha value is -1.58. The lowest BCUT2D eigenvalue weighted by atomic mass is 10.0. The molecule has 2 nitrogen and oxygen atoms in total. The Kier molecular flexibility index (Phi) is 5.21. The average molecular weight is 307 g/mol. The van der Waals surface area contributed by atoms with Crippen molar-refractivity contribution in [3.63, 3.8) is 0 Å². The molecule has 2 aromatic rings. The summed E-state index contributed by atoms with van der Waals surface area (Å²) < 4.78 is 14.0. The number of rotatable bonds is 5. The van der Waals surface area contributed by atoms with E-state index in [4.69, 9.17) is 11.6 Å². The molecule has 0 amide bonds. The molecular weight excluding hydrogens is 287 g/mol. The van der Waals surface area contributed by atoms with E-state index in [1.165, 1.54) is 6.07 Å². The van der Waals surface area contributed by atoms with E-state index >= 15 is 0 Å². The molecule has 0 aromatic heterocycles. The van der Waals surface area contributed by atoms with Crippen molar-refractivity contribution in [3.05, 3.63) is 64.4 Å². The zero-order valence-electron chi connectivity index (χ0n) is 12.5. The fourth-order valence-electron chi connectivity index (χ4n) is 2.46. The second-order valence-corrected chi connectivity index (χ2v) is 5.48. The largest absolute Gasteiger partial charge is 0.367 e. The molecule has 1 N–H and O–H groups in total. The van der Waals surface area contributed by atoms with E-state index in [1.54, 1.807) is 6.07 Å². The molecule has 0 saturated heterocycles. The molecule has 0 aliphatic carbocycles. The maximum atomic E-state index is 14.0. The predicted octanol–water partition coefficient (Wildman–Crippen LogP) is 4.40. The smallest absolute Gasteiger partial charge is 0.128 e. The average Bonchev–Trinajstić information content (AvgIpc) is 2.48. The summed E-state index contributed by atoms with van der Waals surface area (Å²) >= 11 is 6.29. The molecule has 112 valence electrons. The van der Waals surface area contributed by atoms with Crippen LogP contribution in [0, 0.1) is 5.82 Å². The Balaban J connectivity index is 2.38. The fraction of sp³-hybridized carbons (Fsp3) is 0.294. The number of hydrogen-bond acceptors (Lipinski definition) is 2. The van der Waals surface area contributed by atoms with E-state index in [0.29, 0.717) is 12.1 Å². The third-order valence-electron chi connectivity index (χ3n) is 3.76. The highest BCUT2D eigenvalue weighted by molar-refractivity contribution is 6.31. The molecule has 0 fully saturated rings. The van der Waals surface area contributed by atoms with Crippen molar-refractivity contribution in [1.82, 2.24) is 5.32 Å². The lowest BCUT2D eigenvalue weighted by Crippen LogP contribution is -2.24. The minimum Gasteiger partial charge on any atom is -0.367 e. The van der Waals surface area contributed by atoms with Crippen molar-refractivity contribution < 1.29 is 4.39 Å². The summed E-state index contributed by atoms with van der Waals surface area (Å²) in [6, 6.07) is 12.6. The van der Waals surface area contributed by atoms with E-state index in [0.717, 1.165) is 16.3 Å². The first-order valence-corrected chi connectivity index (χ1v) is 7.33. The van der Waals surface area contributed by atoms with Crippen LogP contribution in [0.4, 0.5) is 10.1 Å². The Morgan fingerprint density at radius 2 is 1.90 bits per heavy atom. The van der Waals surface area contributed by atoms with Crippen LogP contribution < -0.4 is 10.2 Å². The van der Waals surface area contributed by atoms with Gasteiger partial charge in [-0.2, -0.15) is 0 Å². The Morgan fingerprint density at radius 1 is 1.19 bits per heavy atom. The molecule has 21 heavy (non-hydrogen) atoms. The number of halogens is 2. The van der Waals surface area contributed by atoms with Crippen LogP contribution >= 0.6 is 11.6 Å². The zero-order chi connectivity index (χ0) is 15.4. The Bertz CT molecular complexity index is 615. The van der Waals surface area contributed by atoms with Crippen molar-refractivity contribution in [2.24, 2.45) is 0 Å². The van der Waals surface area contributed by atoms with Gasteiger partial charge in [-0.3, -0.25) is 0 Å². The van der Waals surface area contributed by atoms with E-state index in [-0.39, 0.29) is 11.9 Å². The fourth-order valence-corrected chi connectivity index (χ4v) is 2.70. The normalized spacial score (nSPS) is 12.2. The second kappa shape index (κ2) is 6.92.